The summed E-state index contributed by atoms with van der Waals surface area (Å²) >= 11 is 0. The molecule has 8 heteroatoms. The van der Waals surface area contributed by atoms with E-state index in [0.717, 1.165) is 27.5 Å². The second-order valence-corrected chi connectivity index (χ2v) is 6.28. The van der Waals surface area contributed by atoms with Crippen LogP contribution in [0.5, 0.6) is 0 Å². The fourth-order valence-electron chi connectivity index (χ4n) is 3.52. The Labute approximate surface area is 140 Å². The van der Waals surface area contributed by atoms with E-state index < -0.39 is 18.5 Å². The van der Waals surface area contributed by atoms with Crippen LogP contribution in [0.1, 0.15) is 24.3 Å². The van der Waals surface area contributed by atoms with Crippen LogP contribution in [0, 0.1) is 0 Å². The number of likely N-dealkylation sites (tertiary alicyclic amines) is 1. The first kappa shape index (κ1) is 15.9. The van der Waals surface area contributed by atoms with Gasteiger partial charge in [-0.3, -0.25) is 9.78 Å². The van der Waals surface area contributed by atoms with E-state index in [1.165, 1.54) is 4.90 Å². The van der Waals surface area contributed by atoms with E-state index in [9.17, 15) is 18.0 Å². The fraction of sp³-hybridized carbons (Fsp3) is 0.353. The third kappa shape index (κ3) is 2.92. The molecule has 1 saturated heterocycles. The summed E-state index contributed by atoms with van der Waals surface area (Å²) in [5, 5.41) is 1.88. The Kier molecular flexibility index (Phi) is 3.63. The second kappa shape index (κ2) is 5.72. The van der Waals surface area contributed by atoms with Gasteiger partial charge in [0.15, 0.2) is 0 Å². The topological polar surface area (TPSA) is 61.9 Å². The fourth-order valence-corrected chi connectivity index (χ4v) is 3.52. The molecule has 3 aromatic rings. The number of hydrogen-bond acceptors (Lipinski definition) is 3. The smallest absolute Gasteiger partial charge is 0.346 e. The minimum absolute atomic E-state index is 0.0152. The van der Waals surface area contributed by atoms with Crippen molar-refractivity contribution >= 4 is 27.8 Å². The molecule has 0 spiro atoms. The van der Waals surface area contributed by atoms with Crippen LogP contribution in [0.4, 0.5) is 13.2 Å². The van der Waals surface area contributed by atoms with Gasteiger partial charge in [-0.2, -0.15) is 13.2 Å². The normalized spacial score (nSPS) is 18.4. The average Bonchev–Trinajstić information content (AvgIpc) is 3.20. The van der Waals surface area contributed by atoms with E-state index in [1.54, 1.807) is 12.4 Å². The zero-order valence-corrected chi connectivity index (χ0v) is 13.2. The van der Waals surface area contributed by atoms with Crippen molar-refractivity contribution in [1.82, 2.24) is 19.9 Å². The van der Waals surface area contributed by atoms with Crippen molar-refractivity contribution < 1.29 is 18.0 Å². The summed E-state index contributed by atoms with van der Waals surface area (Å²) in [5.74, 6) is -0.877. The SMILES string of the molecule is O=C(CC(F)(F)F)N1CCC(c2c[nH]c3ncc4ncccc4c23)C1. The van der Waals surface area contributed by atoms with Crippen LogP contribution in [-0.2, 0) is 4.79 Å². The van der Waals surface area contributed by atoms with Gasteiger partial charge in [-0.1, -0.05) is 6.07 Å². The molecule has 1 amide bonds. The highest BCUT2D eigenvalue weighted by Gasteiger charge is 2.36. The molecule has 4 rings (SSSR count). The molecule has 1 aliphatic heterocycles. The summed E-state index contributed by atoms with van der Waals surface area (Å²) < 4.78 is 37.3. The maximum Gasteiger partial charge on any atom is 0.397 e. The van der Waals surface area contributed by atoms with Crippen LogP contribution in [0.2, 0.25) is 0 Å². The summed E-state index contributed by atoms with van der Waals surface area (Å²) in [7, 11) is 0. The lowest BCUT2D eigenvalue weighted by Crippen LogP contribution is -2.32. The lowest BCUT2D eigenvalue weighted by molar-refractivity contribution is -0.160. The second-order valence-electron chi connectivity index (χ2n) is 6.28. The average molecular weight is 348 g/mol. The Balaban J connectivity index is 1.65. The Morgan fingerprint density at radius 2 is 2.20 bits per heavy atom. The molecule has 0 saturated carbocycles. The Hall–Kier alpha value is -2.64. The van der Waals surface area contributed by atoms with Gasteiger partial charge in [-0.25, -0.2) is 4.98 Å². The van der Waals surface area contributed by atoms with Gasteiger partial charge in [0.2, 0.25) is 5.91 Å². The monoisotopic (exact) mass is 348 g/mol. The molecule has 1 N–H and O–H groups in total. The first-order chi connectivity index (χ1) is 11.9. The number of fused-ring (bicyclic) bond motifs is 3. The number of aromatic nitrogens is 3. The molecule has 1 atom stereocenters. The minimum Gasteiger partial charge on any atom is -0.346 e. The molecule has 0 aromatic carbocycles. The van der Waals surface area contributed by atoms with Gasteiger partial charge < -0.3 is 9.88 Å². The molecule has 1 aliphatic rings. The molecule has 25 heavy (non-hydrogen) atoms. The number of pyridine rings is 2. The number of nitrogens with zero attached hydrogens (tertiary/aromatic N) is 3. The van der Waals surface area contributed by atoms with E-state index >= 15 is 0 Å². The Morgan fingerprint density at radius 1 is 1.36 bits per heavy atom. The van der Waals surface area contributed by atoms with Crippen molar-refractivity contribution in [2.24, 2.45) is 0 Å². The van der Waals surface area contributed by atoms with E-state index in [0.29, 0.717) is 19.5 Å². The van der Waals surface area contributed by atoms with Crippen LogP contribution in [0.25, 0.3) is 21.9 Å². The van der Waals surface area contributed by atoms with Crippen LogP contribution in [-0.4, -0.2) is 45.0 Å². The molecule has 1 unspecified atom stereocenters. The summed E-state index contributed by atoms with van der Waals surface area (Å²) in [6.45, 7) is 0.626. The number of nitrogens with one attached hydrogen (secondary N) is 1. The third-order valence-electron chi connectivity index (χ3n) is 4.65. The van der Waals surface area contributed by atoms with Crippen LogP contribution in [0.15, 0.2) is 30.7 Å². The molecule has 4 heterocycles. The largest absolute Gasteiger partial charge is 0.397 e. The summed E-state index contributed by atoms with van der Waals surface area (Å²) in [4.78, 5) is 24.9. The van der Waals surface area contributed by atoms with Gasteiger partial charge >= 0.3 is 6.18 Å². The zero-order chi connectivity index (χ0) is 17.6. The highest BCUT2D eigenvalue weighted by molar-refractivity contribution is 6.05. The highest BCUT2D eigenvalue weighted by Crippen LogP contribution is 2.35. The predicted octanol–water partition coefficient (Wildman–Crippen LogP) is 3.38. The molecular formula is C17H15F3N4O. The minimum atomic E-state index is -4.47. The number of rotatable bonds is 2. The molecule has 0 aliphatic carbocycles. The maximum atomic E-state index is 12.4. The summed E-state index contributed by atoms with van der Waals surface area (Å²) in [5.41, 5.74) is 2.46. The number of hydrogen-bond donors (Lipinski definition) is 1. The molecule has 1 fully saturated rings. The van der Waals surface area contributed by atoms with Crippen LogP contribution >= 0.6 is 0 Å². The van der Waals surface area contributed by atoms with Crippen molar-refractivity contribution in [2.45, 2.75) is 24.9 Å². The first-order valence-electron chi connectivity index (χ1n) is 7.97. The third-order valence-corrected chi connectivity index (χ3v) is 4.65. The van der Waals surface area contributed by atoms with E-state index in [2.05, 4.69) is 15.0 Å². The number of aromatic amines is 1. The lowest BCUT2D eigenvalue weighted by atomic mass is 9.97. The predicted molar refractivity (Wildman–Crippen MR) is 86.0 cm³/mol. The number of amides is 1. The number of H-pyrrole nitrogens is 1. The highest BCUT2D eigenvalue weighted by atomic mass is 19.4. The molecule has 0 bridgehead atoms. The summed E-state index contributed by atoms with van der Waals surface area (Å²) in [6.07, 6.45) is -0.0233. The van der Waals surface area contributed by atoms with E-state index in [4.69, 9.17) is 0 Å². The number of carbonyl (C=O) groups excluding carboxylic acids is 1. The van der Waals surface area contributed by atoms with E-state index in [-0.39, 0.29) is 5.92 Å². The van der Waals surface area contributed by atoms with Gasteiger partial charge in [0.05, 0.1) is 11.7 Å². The standard InChI is InChI=1S/C17H15F3N4O/c18-17(19,20)6-14(25)24-5-3-10(9-24)12-7-22-16-15(12)11-2-1-4-21-13(11)8-23-16/h1-2,4,7-8,10H,3,5-6,9H2,(H,22,23). The summed E-state index contributed by atoms with van der Waals surface area (Å²) in [6, 6.07) is 3.79. The lowest BCUT2D eigenvalue weighted by Gasteiger charge is -2.17. The van der Waals surface area contributed by atoms with Crippen molar-refractivity contribution in [2.75, 3.05) is 13.1 Å². The van der Waals surface area contributed by atoms with Crippen LogP contribution in [0.3, 0.4) is 0 Å². The molecule has 130 valence electrons. The molecule has 5 nitrogen and oxygen atoms in total. The van der Waals surface area contributed by atoms with Gasteiger partial charge in [0.1, 0.15) is 12.1 Å². The van der Waals surface area contributed by atoms with Gasteiger partial charge in [0.25, 0.3) is 0 Å². The van der Waals surface area contributed by atoms with Gasteiger partial charge in [0, 0.05) is 42.2 Å². The quantitative estimate of drug-likeness (QED) is 0.772. The number of alkyl halides is 3. The molecular weight excluding hydrogens is 333 g/mol. The van der Waals surface area contributed by atoms with Crippen LogP contribution < -0.4 is 0 Å². The van der Waals surface area contributed by atoms with Gasteiger partial charge in [-0.05, 0) is 18.1 Å². The van der Waals surface area contributed by atoms with Gasteiger partial charge in [-0.15, -0.1) is 0 Å². The Morgan fingerprint density at radius 3 is 3.00 bits per heavy atom. The number of halogens is 3. The molecule has 0 radical (unpaired) electrons. The Bertz CT molecular complexity index is 950. The molecule has 3 aromatic heterocycles. The maximum absolute atomic E-state index is 12.4. The van der Waals surface area contributed by atoms with E-state index in [1.807, 2.05) is 18.3 Å². The van der Waals surface area contributed by atoms with Crippen molar-refractivity contribution in [3.63, 3.8) is 0 Å². The first-order valence-corrected chi connectivity index (χ1v) is 7.97. The van der Waals surface area contributed by atoms with Crippen molar-refractivity contribution in [3.05, 3.63) is 36.3 Å². The number of carbonyl (C=O) groups is 1. The van der Waals surface area contributed by atoms with Crippen molar-refractivity contribution in [3.8, 4) is 0 Å². The zero-order valence-electron chi connectivity index (χ0n) is 13.2. The van der Waals surface area contributed by atoms with Crippen molar-refractivity contribution in [1.29, 1.82) is 0 Å².